The van der Waals surface area contributed by atoms with Gasteiger partial charge >= 0.3 is 5.97 Å². The Hall–Kier alpha value is -2.33. The molecule has 3 rings (SSSR count). The molecule has 1 N–H and O–H groups in total. The predicted octanol–water partition coefficient (Wildman–Crippen LogP) is 4.23. The number of carbonyl (C=O) groups excluding carboxylic acids is 1. The van der Waals surface area contributed by atoms with E-state index in [-0.39, 0.29) is 12.6 Å². The van der Waals surface area contributed by atoms with Crippen LogP contribution in [0.4, 0.5) is 0 Å². The number of fused-ring (bicyclic) bond motifs is 1. The Labute approximate surface area is 161 Å². The second-order valence-electron chi connectivity index (χ2n) is 7.12. The lowest BCUT2D eigenvalue weighted by Crippen LogP contribution is -2.33. The molecule has 0 saturated carbocycles. The fraction of sp³-hybridized carbons (Fsp3) is 0.435. The minimum atomic E-state index is -0.330. The molecule has 0 radical (unpaired) electrons. The third-order valence-electron chi connectivity index (χ3n) is 5.09. The minimum absolute atomic E-state index is 0.0423. The molecule has 1 aliphatic carbocycles. The Balaban J connectivity index is 1.64. The Bertz CT molecular complexity index is 745. The molecule has 4 nitrogen and oxygen atoms in total. The van der Waals surface area contributed by atoms with Crippen molar-refractivity contribution in [2.75, 3.05) is 13.2 Å². The monoisotopic (exact) mass is 367 g/mol. The molecule has 0 unspecified atom stereocenters. The molecule has 0 spiro atoms. The summed E-state index contributed by atoms with van der Waals surface area (Å²) < 4.78 is 10.5. The van der Waals surface area contributed by atoms with Crippen LogP contribution in [-0.2, 0) is 22.4 Å². The van der Waals surface area contributed by atoms with Crippen LogP contribution in [0.3, 0.4) is 0 Å². The Morgan fingerprint density at radius 1 is 1.19 bits per heavy atom. The largest absolute Gasteiger partial charge is 0.482 e. The molecule has 0 aromatic heterocycles. The summed E-state index contributed by atoms with van der Waals surface area (Å²) in [5, 5.41) is 3.79. The van der Waals surface area contributed by atoms with Gasteiger partial charge in [0.25, 0.3) is 0 Å². The molecule has 0 aliphatic heterocycles. The Morgan fingerprint density at radius 3 is 2.78 bits per heavy atom. The van der Waals surface area contributed by atoms with Gasteiger partial charge in [-0.1, -0.05) is 36.4 Å². The number of hydrogen-bond donors (Lipinski definition) is 1. The van der Waals surface area contributed by atoms with Crippen LogP contribution < -0.4 is 10.1 Å². The number of benzene rings is 2. The first-order chi connectivity index (χ1) is 13.2. The van der Waals surface area contributed by atoms with Gasteiger partial charge in [0.15, 0.2) is 6.61 Å². The van der Waals surface area contributed by atoms with E-state index in [0.717, 1.165) is 25.0 Å². The summed E-state index contributed by atoms with van der Waals surface area (Å²) in [7, 11) is 0. The molecular formula is C23H29NO3. The SMILES string of the molecule is CCOC(=O)COc1ccc2c(c1)C[C@H](N[C@H](C)c1ccccc1)CCC2. The molecule has 27 heavy (non-hydrogen) atoms. The third kappa shape index (κ3) is 5.57. The van der Waals surface area contributed by atoms with Gasteiger partial charge in [-0.2, -0.15) is 0 Å². The van der Waals surface area contributed by atoms with Crippen molar-refractivity contribution in [2.24, 2.45) is 0 Å². The van der Waals surface area contributed by atoms with E-state index in [1.165, 1.54) is 23.1 Å². The highest BCUT2D eigenvalue weighted by Crippen LogP contribution is 2.26. The van der Waals surface area contributed by atoms with E-state index in [4.69, 9.17) is 9.47 Å². The standard InChI is InChI=1S/C23H29NO3/c1-3-26-23(25)16-27-22-13-12-19-10-7-11-21(14-20(19)15-22)24-17(2)18-8-5-4-6-9-18/h4-6,8-9,12-13,15,17,21,24H,3,7,10-11,14,16H2,1-2H3/t17-,21-/m1/s1. The van der Waals surface area contributed by atoms with Gasteiger partial charge in [-0.15, -0.1) is 0 Å². The van der Waals surface area contributed by atoms with E-state index in [0.29, 0.717) is 18.7 Å². The van der Waals surface area contributed by atoms with Crippen molar-refractivity contribution in [3.8, 4) is 5.75 Å². The van der Waals surface area contributed by atoms with Gasteiger partial charge in [-0.25, -0.2) is 4.79 Å². The van der Waals surface area contributed by atoms with Crippen LogP contribution in [0, 0.1) is 0 Å². The summed E-state index contributed by atoms with van der Waals surface area (Å²) in [5.41, 5.74) is 4.01. The van der Waals surface area contributed by atoms with Gasteiger partial charge in [0.1, 0.15) is 5.75 Å². The smallest absolute Gasteiger partial charge is 0.344 e. The predicted molar refractivity (Wildman–Crippen MR) is 107 cm³/mol. The van der Waals surface area contributed by atoms with Crippen molar-refractivity contribution in [3.05, 3.63) is 65.2 Å². The fourth-order valence-corrected chi connectivity index (χ4v) is 3.71. The van der Waals surface area contributed by atoms with Crippen molar-refractivity contribution in [2.45, 2.75) is 51.6 Å². The highest BCUT2D eigenvalue weighted by atomic mass is 16.6. The third-order valence-corrected chi connectivity index (χ3v) is 5.09. The van der Waals surface area contributed by atoms with Crippen molar-refractivity contribution in [1.29, 1.82) is 0 Å². The number of carbonyl (C=O) groups is 1. The van der Waals surface area contributed by atoms with Crippen LogP contribution in [-0.4, -0.2) is 25.2 Å². The lowest BCUT2D eigenvalue weighted by molar-refractivity contribution is -0.145. The maximum atomic E-state index is 11.5. The molecule has 0 saturated heterocycles. The molecule has 0 heterocycles. The molecule has 0 bridgehead atoms. The Kier molecular flexibility index (Phi) is 6.88. The molecule has 1 aliphatic rings. The Morgan fingerprint density at radius 2 is 2.00 bits per heavy atom. The second-order valence-corrected chi connectivity index (χ2v) is 7.12. The fourth-order valence-electron chi connectivity index (χ4n) is 3.71. The van der Waals surface area contributed by atoms with Gasteiger partial charge in [0.05, 0.1) is 6.61 Å². The average Bonchev–Trinajstić information content (AvgIpc) is 2.88. The van der Waals surface area contributed by atoms with Crippen molar-refractivity contribution >= 4 is 5.97 Å². The summed E-state index contributed by atoms with van der Waals surface area (Å²) in [6.07, 6.45) is 4.40. The molecule has 2 atom stereocenters. The molecule has 2 aromatic rings. The van der Waals surface area contributed by atoms with Gasteiger partial charge in [-0.05, 0) is 68.4 Å². The molecular weight excluding hydrogens is 338 g/mol. The van der Waals surface area contributed by atoms with Crippen LogP contribution in [0.1, 0.15) is 49.4 Å². The molecule has 0 fully saturated rings. The van der Waals surface area contributed by atoms with E-state index in [1.54, 1.807) is 6.92 Å². The van der Waals surface area contributed by atoms with Crippen LogP contribution in [0.25, 0.3) is 0 Å². The van der Waals surface area contributed by atoms with Crippen LogP contribution in [0.2, 0.25) is 0 Å². The van der Waals surface area contributed by atoms with Gasteiger partial charge in [0, 0.05) is 12.1 Å². The zero-order chi connectivity index (χ0) is 19.1. The van der Waals surface area contributed by atoms with E-state index in [1.807, 2.05) is 6.07 Å². The van der Waals surface area contributed by atoms with Gasteiger partial charge in [-0.3, -0.25) is 0 Å². The first kappa shape index (κ1) is 19.4. The van der Waals surface area contributed by atoms with Crippen molar-refractivity contribution < 1.29 is 14.3 Å². The number of esters is 1. The lowest BCUT2D eigenvalue weighted by atomic mass is 10.00. The van der Waals surface area contributed by atoms with Gasteiger partial charge in [0.2, 0.25) is 0 Å². The number of nitrogens with one attached hydrogen (secondary N) is 1. The molecule has 144 valence electrons. The summed E-state index contributed by atoms with van der Waals surface area (Å²) in [6.45, 7) is 4.35. The second kappa shape index (κ2) is 9.56. The summed E-state index contributed by atoms with van der Waals surface area (Å²) in [5.74, 6) is 0.405. The average molecular weight is 367 g/mol. The maximum absolute atomic E-state index is 11.5. The lowest BCUT2D eigenvalue weighted by Gasteiger charge is -2.23. The highest BCUT2D eigenvalue weighted by Gasteiger charge is 2.19. The summed E-state index contributed by atoms with van der Waals surface area (Å²) in [4.78, 5) is 11.5. The normalized spacial score (nSPS) is 17.5. The highest BCUT2D eigenvalue weighted by molar-refractivity contribution is 5.71. The topological polar surface area (TPSA) is 47.6 Å². The zero-order valence-electron chi connectivity index (χ0n) is 16.2. The number of rotatable bonds is 7. The molecule has 0 amide bonds. The van der Waals surface area contributed by atoms with E-state index < -0.39 is 0 Å². The molecule has 2 aromatic carbocycles. The first-order valence-electron chi connectivity index (χ1n) is 9.87. The van der Waals surface area contributed by atoms with E-state index >= 15 is 0 Å². The number of ether oxygens (including phenoxy) is 2. The first-order valence-corrected chi connectivity index (χ1v) is 9.87. The quantitative estimate of drug-likeness (QED) is 0.588. The number of aryl methyl sites for hydroxylation is 1. The van der Waals surface area contributed by atoms with E-state index in [2.05, 4.69) is 54.7 Å². The molecule has 4 heteroatoms. The minimum Gasteiger partial charge on any atom is -0.482 e. The van der Waals surface area contributed by atoms with E-state index in [9.17, 15) is 4.79 Å². The summed E-state index contributed by atoms with van der Waals surface area (Å²) >= 11 is 0. The summed E-state index contributed by atoms with van der Waals surface area (Å²) in [6, 6.07) is 17.5. The van der Waals surface area contributed by atoms with Crippen LogP contribution in [0.5, 0.6) is 5.75 Å². The van der Waals surface area contributed by atoms with Crippen molar-refractivity contribution in [1.82, 2.24) is 5.32 Å². The number of hydrogen-bond acceptors (Lipinski definition) is 4. The van der Waals surface area contributed by atoms with Crippen molar-refractivity contribution in [3.63, 3.8) is 0 Å². The van der Waals surface area contributed by atoms with Crippen LogP contribution >= 0.6 is 0 Å². The van der Waals surface area contributed by atoms with Crippen LogP contribution in [0.15, 0.2) is 48.5 Å². The zero-order valence-corrected chi connectivity index (χ0v) is 16.2. The van der Waals surface area contributed by atoms with Gasteiger partial charge < -0.3 is 14.8 Å². The maximum Gasteiger partial charge on any atom is 0.344 e.